The molecule has 1 saturated carbocycles. The van der Waals surface area contributed by atoms with Crippen molar-refractivity contribution in [1.82, 2.24) is 9.97 Å². The van der Waals surface area contributed by atoms with E-state index in [9.17, 15) is 0 Å². The molecule has 0 saturated heterocycles. The molecule has 4 nitrogen and oxygen atoms in total. The third-order valence-electron chi connectivity index (χ3n) is 3.38. The van der Waals surface area contributed by atoms with Gasteiger partial charge in [-0.15, -0.1) is 11.3 Å². The van der Waals surface area contributed by atoms with Crippen LogP contribution < -0.4 is 5.73 Å². The van der Waals surface area contributed by atoms with Gasteiger partial charge in [-0.1, -0.05) is 0 Å². The van der Waals surface area contributed by atoms with Crippen LogP contribution in [0.5, 0.6) is 0 Å². The summed E-state index contributed by atoms with van der Waals surface area (Å²) in [6.45, 7) is 0. The van der Waals surface area contributed by atoms with E-state index in [0.29, 0.717) is 0 Å². The number of thiazole rings is 1. The Hall–Kier alpha value is -1.72. The van der Waals surface area contributed by atoms with Crippen molar-refractivity contribution in [2.75, 3.05) is 0 Å². The topological polar surface area (TPSA) is 64.9 Å². The Bertz CT molecular complexity index is 727. The van der Waals surface area contributed by atoms with Gasteiger partial charge in [-0.25, -0.2) is 9.97 Å². The lowest BCUT2D eigenvalue weighted by atomic mass is 10.2. The molecule has 2 heterocycles. The van der Waals surface area contributed by atoms with Crippen molar-refractivity contribution in [2.45, 2.75) is 18.4 Å². The maximum absolute atomic E-state index is 6.15. The van der Waals surface area contributed by atoms with Crippen LogP contribution in [0.15, 0.2) is 34.4 Å². The molecule has 4 rings (SSSR count). The van der Waals surface area contributed by atoms with Gasteiger partial charge in [-0.05, 0) is 31.0 Å². The first-order valence-corrected chi connectivity index (χ1v) is 6.71. The van der Waals surface area contributed by atoms with Crippen molar-refractivity contribution >= 4 is 22.4 Å². The SMILES string of the molecule is NC1(c2csc(-c3ccc4ncoc4c3)n2)CC1. The molecule has 0 unspecified atom stereocenters. The fourth-order valence-electron chi connectivity index (χ4n) is 2.01. The van der Waals surface area contributed by atoms with Crippen molar-refractivity contribution in [3.63, 3.8) is 0 Å². The minimum atomic E-state index is -0.162. The van der Waals surface area contributed by atoms with Gasteiger partial charge in [0.2, 0.25) is 0 Å². The van der Waals surface area contributed by atoms with Crippen LogP contribution in [-0.2, 0) is 5.54 Å². The second kappa shape index (κ2) is 3.40. The number of aromatic nitrogens is 2. The normalized spacial score (nSPS) is 17.2. The third-order valence-corrected chi connectivity index (χ3v) is 4.27. The van der Waals surface area contributed by atoms with E-state index in [1.807, 2.05) is 18.2 Å². The number of hydrogen-bond donors (Lipinski definition) is 1. The Kier molecular flexibility index (Phi) is 1.93. The zero-order valence-electron chi connectivity index (χ0n) is 9.59. The van der Waals surface area contributed by atoms with Crippen LogP contribution in [0.3, 0.4) is 0 Å². The molecule has 0 amide bonds. The molecule has 1 fully saturated rings. The number of oxazole rings is 1. The fraction of sp³-hybridized carbons (Fsp3) is 0.231. The van der Waals surface area contributed by atoms with Gasteiger partial charge in [-0.2, -0.15) is 0 Å². The number of benzene rings is 1. The van der Waals surface area contributed by atoms with Gasteiger partial charge in [-0.3, -0.25) is 0 Å². The van der Waals surface area contributed by atoms with Gasteiger partial charge in [0.15, 0.2) is 12.0 Å². The van der Waals surface area contributed by atoms with E-state index in [4.69, 9.17) is 10.2 Å². The highest BCUT2D eigenvalue weighted by atomic mass is 32.1. The second-order valence-corrected chi connectivity index (χ2v) is 5.59. The molecule has 0 spiro atoms. The lowest BCUT2D eigenvalue weighted by molar-refractivity contribution is 0.602. The van der Waals surface area contributed by atoms with Crippen molar-refractivity contribution in [3.8, 4) is 10.6 Å². The highest BCUT2D eigenvalue weighted by molar-refractivity contribution is 7.13. The Morgan fingerprint density at radius 3 is 3.06 bits per heavy atom. The van der Waals surface area contributed by atoms with Crippen molar-refractivity contribution in [1.29, 1.82) is 0 Å². The number of nitrogens with two attached hydrogens (primary N) is 1. The minimum Gasteiger partial charge on any atom is -0.443 e. The molecule has 0 atom stereocenters. The number of rotatable bonds is 2. The summed E-state index contributed by atoms with van der Waals surface area (Å²) in [7, 11) is 0. The molecule has 1 aromatic carbocycles. The second-order valence-electron chi connectivity index (χ2n) is 4.73. The maximum Gasteiger partial charge on any atom is 0.181 e. The Morgan fingerprint density at radius 1 is 1.33 bits per heavy atom. The van der Waals surface area contributed by atoms with Crippen LogP contribution in [0.2, 0.25) is 0 Å². The average Bonchev–Trinajstić information content (AvgIpc) is 2.89. The Balaban J connectivity index is 1.79. The first-order valence-electron chi connectivity index (χ1n) is 5.83. The summed E-state index contributed by atoms with van der Waals surface area (Å²) < 4.78 is 5.31. The van der Waals surface area contributed by atoms with E-state index in [2.05, 4.69) is 15.3 Å². The van der Waals surface area contributed by atoms with Crippen molar-refractivity contribution in [3.05, 3.63) is 35.7 Å². The van der Waals surface area contributed by atoms with E-state index in [-0.39, 0.29) is 5.54 Å². The summed E-state index contributed by atoms with van der Waals surface area (Å²) in [6.07, 6.45) is 3.54. The average molecular weight is 257 g/mol. The predicted molar refractivity (Wildman–Crippen MR) is 70.2 cm³/mol. The quantitative estimate of drug-likeness (QED) is 0.766. The first kappa shape index (κ1) is 10.2. The van der Waals surface area contributed by atoms with E-state index >= 15 is 0 Å². The standard InChI is InChI=1S/C13H11N3OS/c14-13(3-4-13)11-6-18-12(16-11)8-1-2-9-10(5-8)17-7-15-9/h1-2,5-7H,3-4,14H2. The highest BCUT2D eigenvalue weighted by Gasteiger charge is 2.42. The van der Waals surface area contributed by atoms with Gasteiger partial charge < -0.3 is 10.2 Å². The molecular formula is C13H11N3OS. The van der Waals surface area contributed by atoms with Crippen LogP contribution >= 0.6 is 11.3 Å². The van der Waals surface area contributed by atoms with E-state index in [1.165, 1.54) is 6.39 Å². The van der Waals surface area contributed by atoms with Crippen LogP contribution in [0.1, 0.15) is 18.5 Å². The summed E-state index contributed by atoms with van der Waals surface area (Å²) in [5, 5.41) is 3.05. The Morgan fingerprint density at radius 2 is 2.22 bits per heavy atom. The van der Waals surface area contributed by atoms with E-state index < -0.39 is 0 Å². The van der Waals surface area contributed by atoms with E-state index in [0.717, 1.165) is 40.2 Å². The van der Waals surface area contributed by atoms with E-state index in [1.54, 1.807) is 11.3 Å². The maximum atomic E-state index is 6.15. The van der Waals surface area contributed by atoms with Gasteiger partial charge in [0.25, 0.3) is 0 Å². The third kappa shape index (κ3) is 1.48. The molecule has 0 radical (unpaired) electrons. The van der Waals surface area contributed by atoms with Gasteiger partial charge in [0.05, 0.1) is 11.2 Å². The minimum absolute atomic E-state index is 0.162. The van der Waals surface area contributed by atoms with Crippen LogP contribution in [0.25, 0.3) is 21.7 Å². The lowest BCUT2D eigenvalue weighted by Crippen LogP contribution is -2.18. The summed E-state index contributed by atoms with van der Waals surface area (Å²) in [6, 6.07) is 5.94. The molecule has 5 heteroatoms. The smallest absolute Gasteiger partial charge is 0.181 e. The van der Waals surface area contributed by atoms with Crippen molar-refractivity contribution < 1.29 is 4.42 Å². The van der Waals surface area contributed by atoms with Crippen LogP contribution in [0, 0.1) is 0 Å². The Labute approximate surface area is 107 Å². The van der Waals surface area contributed by atoms with Crippen molar-refractivity contribution in [2.24, 2.45) is 5.73 Å². The summed E-state index contributed by atoms with van der Waals surface area (Å²) in [4.78, 5) is 8.74. The molecule has 1 aliphatic rings. The summed E-state index contributed by atoms with van der Waals surface area (Å²) >= 11 is 1.63. The van der Waals surface area contributed by atoms with Crippen LogP contribution in [-0.4, -0.2) is 9.97 Å². The zero-order valence-corrected chi connectivity index (χ0v) is 10.4. The molecule has 2 N–H and O–H groups in total. The lowest BCUT2D eigenvalue weighted by Gasteiger charge is -2.02. The highest BCUT2D eigenvalue weighted by Crippen LogP contribution is 2.43. The molecule has 3 aromatic rings. The molecule has 0 bridgehead atoms. The number of hydrogen-bond acceptors (Lipinski definition) is 5. The van der Waals surface area contributed by atoms with Gasteiger partial charge in [0.1, 0.15) is 10.5 Å². The monoisotopic (exact) mass is 257 g/mol. The molecule has 90 valence electrons. The largest absolute Gasteiger partial charge is 0.443 e. The number of nitrogens with zero attached hydrogens (tertiary/aromatic N) is 2. The van der Waals surface area contributed by atoms with Gasteiger partial charge in [0, 0.05) is 10.9 Å². The zero-order chi connectivity index (χ0) is 12.2. The molecule has 18 heavy (non-hydrogen) atoms. The number of fused-ring (bicyclic) bond motifs is 1. The summed E-state index contributed by atoms with van der Waals surface area (Å²) in [5.74, 6) is 0. The van der Waals surface area contributed by atoms with Gasteiger partial charge >= 0.3 is 0 Å². The molecule has 1 aliphatic carbocycles. The summed E-state index contributed by atoms with van der Waals surface area (Å²) in [5.41, 5.74) is 9.72. The fourth-order valence-corrected chi connectivity index (χ4v) is 2.94. The molecular weight excluding hydrogens is 246 g/mol. The predicted octanol–water partition coefficient (Wildman–Crippen LogP) is 2.90. The first-order chi connectivity index (χ1) is 8.74. The van der Waals surface area contributed by atoms with Crippen LogP contribution in [0.4, 0.5) is 0 Å². The molecule has 2 aromatic heterocycles. The molecule has 0 aliphatic heterocycles.